The first-order chi connectivity index (χ1) is 13.1. The molecule has 1 heterocycles. The number of benzene rings is 2. The van der Waals surface area contributed by atoms with Crippen molar-refractivity contribution in [1.82, 2.24) is 9.97 Å². The van der Waals surface area contributed by atoms with Crippen LogP contribution in [-0.2, 0) is 4.74 Å². The molecule has 2 N–H and O–H groups in total. The van der Waals surface area contributed by atoms with Crippen LogP contribution < -0.4 is 15.4 Å². The molecular weight excluding hydrogens is 347 g/mol. The fourth-order valence-electron chi connectivity index (χ4n) is 2.38. The maximum Gasteiger partial charge on any atom is 0.229 e. The van der Waals surface area contributed by atoms with Gasteiger partial charge < -0.3 is 20.1 Å². The van der Waals surface area contributed by atoms with Crippen LogP contribution in [0.25, 0.3) is 0 Å². The highest BCUT2D eigenvalue weighted by Gasteiger charge is 2.08. The summed E-state index contributed by atoms with van der Waals surface area (Å²) in [5.41, 5.74) is 2.60. The Hall–Kier alpha value is -3.19. The predicted molar refractivity (Wildman–Crippen MR) is 108 cm³/mol. The van der Waals surface area contributed by atoms with Crippen molar-refractivity contribution in [3.63, 3.8) is 0 Å². The number of aromatic nitrogens is 2. The molecule has 0 amide bonds. The maximum atomic E-state index is 14.1. The zero-order valence-corrected chi connectivity index (χ0v) is 15.2. The average Bonchev–Trinajstić information content (AvgIpc) is 2.66. The van der Waals surface area contributed by atoms with Crippen LogP contribution in [0.4, 0.5) is 27.5 Å². The van der Waals surface area contributed by atoms with E-state index in [1.807, 2.05) is 55.5 Å². The third-order valence-electron chi connectivity index (χ3n) is 3.69. The Morgan fingerprint density at radius 1 is 1.04 bits per heavy atom. The quantitative estimate of drug-likeness (QED) is 0.547. The van der Waals surface area contributed by atoms with Gasteiger partial charge in [-0.1, -0.05) is 12.1 Å². The van der Waals surface area contributed by atoms with Crippen LogP contribution in [0.1, 0.15) is 8.42 Å². The molecule has 1 aromatic heterocycles. The smallest absolute Gasteiger partial charge is 0.229 e. The van der Waals surface area contributed by atoms with E-state index in [9.17, 15) is 4.39 Å². The number of halogens is 1. The summed E-state index contributed by atoms with van der Waals surface area (Å²) in [6, 6.07) is 15.0. The molecule has 0 saturated heterocycles. The molecule has 0 unspecified atom stereocenters. The van der Waals surface area contributed by atoms with Gasteiger partial charge in [0.25, 0.3) is 0 Å². The number of anilines is 4. The molecule has 144 valence electrons. The third-order valence-corrected chi connectivity index (χ3v) is 3.69. The number of nitrogens with one attached hydrogen (secondary N) is 2. The first-order valence-electron chi connectivity index (χ1n) is 8.49. The highest BCUT2D eigenvalue weighted by atomic mass is 19.1. The van der Waals surface area contributed by atoms with E-state index < -0.39 is 5.82 Å². The van der Waals surface area contributed by atoms with Gasteiger partial charge in [0.2, 0.25) is 5.95 Å². The molecule has 0 fully saturated rings. The number of nitrogens with zero attached hydrogens (tertiary/aromatic N) is 2. The highest BCUT2D eigenvalue weighted by Crippen LogP contribution is 2.22. The van der Waals surface area contributed by atoms with Crippen molar-refractivity contribution in [2.24, 2.45) is 0 Å². The second-order valence-corrected chi connectivity index (χ2v) is 5.88. The van der Waals surface area contributed by atoms with Gasteiger partial charge >= 0.3 is 0 Å². The van der Waals surface area contributed by atoms with E-state index >= 15 is 0 Å². The van der Waals surface area contributed by atoms with Crippen molar-refractivity contribution in [3.8, 4) is 5.75 Å². The Morgan fingerprint density at radius 2 is 1.85 bits per heavy atom. The van der Waals surface area contributed by atoms with Gasteiger partial charge in [-0.15, -0.1) is 0 Å². The first kappa shape index (κ1) is 18.6. The largest absolute Gasteiger partial charge is 0.491 e. The van der Waals surface area contributed by atoms with Crippen molar-refractivity contribution < 1.29 is 16.7 Å². The summed E-state index contributed by atoms with van der Waals surface area (Å²) in [5.74, 6) is 0.612. The lowest BCUT2D eigenvalue weighted by Gasteiger charge is -2.10. The normalized spacial score (nSPS) is 10.5. The zero-order valence-electron chi connectivity index (χ0n) is 15.2. The molecule has 3 aromatic rings. The van der Waals surface area contributed by atoms with Crippen LogP contribution in [-0.4, -0.2) is 30.3 Å². The van der Waals surface area contributed by atoms with Gasteiger partial charge in [0.15, 0.2) is 11.6 Å². The highest BCUT2D eigenvalue weighted by molar-refractivity contribution is 5.60. The number of hydrogen-bond acceptors (Lipinski definition) is 6. The Kier molecular flexibility index (Phi) is 6.17. The van der Waals surface area contributed by atoms with E-state index in [2.05, 4.69) is 20.6 Å². The van der Waals surface area contributed by atoms with Crippen molar-refractivity contribution in [2.45, 2.75) is 6.92 Å². The summed E-state index contributed by atoms with van der Waals surface area (Å²) < 4.78 is 24.5. The lowest BCUT2D eigenvalue weighted by atomic mass is 10.2. The minimum atomic E-state index is -0.524. The summed E-state index contributed by atoms with van der Waals surface area (Å²) >= 11 is 0. The summed E-state index contributed by atoms with van der Waals surface area (Å²) in [7, 11) is 1.63. The van der Waals surface area contributed by atoms with Crippen LogP contribution >= 0.6 is 0 Å². The molecule has 7 heteroatoms. The molecule has 6 nitrogen and oxygen atoms in total. The number of ether oxygens (including phenoxy) is 2. The van der Waals surface area contributed by atoms with E-state index in [1.165, 1.54) is 0 Å². The van der Waals surface area contributed by atoms with E-state index in [1.54, 1.807) is 7.11 Å². The lowest BCUT2D eigenvalue weighted by molar-refractivity contribution is 0.146. The fraction of sp³-hybridized carbons (Fsp3) is 0.200. The van der Waals surface area contributed by atoms with E-state index in [-0.39, 0.29) is 8.67 Å². The second-order valence-electron chi connectivity index (χ2n) is 5.88. The van der Waals surface area contributed by atoms with Gasteiger partial charge in [0.1, 0.15) is 12.4 Å². The SMILES string of the molecule is COCCOc1ccc(Nc2ncc(F)c(Nc3cccc(C)c3)n2)cc1.[HH].[HH]. The fourth-order valence-corrected chi connectivity index (χ4v) is 2.38. The van der Waals surface area contributed by atoms with Gasteiger partial charge in [0, 0.05) is 21.3 Å². The van der Waals surface area contributed by atoms with Crippen LogP contribution in [0, 0.1) is 12.7 Å². The number of aryl methyl sites for hydroxylation is 1. The average molecular weight is 372 g/mol. The number of methoxy groups -OCH3 is 1. The molecule has 0 aliphatic rings. The summed E-state index contributed by atoms with van der Waals surface area (Å²) in [4.78, 5) is 8.21. The molecule has 0 aliphatic carbocycles. The van der Waals surface area contributed by atoms with Crippen molar-refractivity contribution >= 4 is 23.1 Å². The van der Waals surface area contributed by atoms with Crippen molar-refractivity contribution in [2.75, 3.05) is 31.0 Å². The van der Waals surface area contributed by atoms with Crippen LogP contribution in [0.15, 0.2) is 54.7 Å². The van der Waals surface area contributed by atoms with E-state index in [0.29, 0.717) is 19.2 Å². The summed E-state index contributed by atoms with van der Waals surface area (Å²) in [6.07, 6.45) is 1.13. The first-order valence-corrected chi connectivity index (χ1v) is 8.49. The lowest BCUT2D eigenvalue weighted by Crippen LogP contribution is -2.05. The molecular formula is C20H25FN4O2. The second kappa shape index (κ2) is 8.95. The van der Waals surface area contributed by atoms with Crippen molar-refractivity contribution in [3.05, 3.63) is 66.1 Å². The summed E-state index contributed by atoms with van der Waals surface area (Å²) in [6.45, 7) is 2.98. The Morgan fingerprint density at radius 3 is 2.59 bits per heavy atom. The van der Waals surface area contributed by atoms with Crippen LogP contribution in [0.5, 0.6) is 5.75 Å². The topological polar surface area (TPSA) is 68.3 Å². The van der Waals surface area contributed by atoms with Crippen LogP contribution in [0.3, 0.4) is 0 Å². The molecule has 2 aromatic carbocycles. The minimum absolute atomic E-state index is 0. The molecule has 0 saturated carbocycles. The third kappa shape index (κ3) is 5.39. The molecule has 0 aliphatic heterocycles. The molecule has 0 bridgehead atoms. The Balaban J connectivity index is 0.00000210. The van der Waals surface area contributed by atoms with Gasteiger partial charge in [-0.05, 0) is 48.9 Å². The molecule has 0 radical (unpaired) electrons. The van der Waals surface area contributed by atoms with Crippen LogP contribution in [0.2, 0.25) is 0 Å². The molecule has 0 spiro atoms. The van der Waals surface area contributed by atoms with E-state index in [0.717, 1.165) is 28.9 Å². The zero-order chi connectivity index (χ0) is 19.1. The minimum Gasteiger partial charge on any atom is -0.491 e. The number of rotatable bonds is 8. The molecule has 27 heavy (non-hydrogen) atoms. The van der Waals surface area contributed by atoms with Gasteiger partial charge in [0.05, 0.1) is 12.8 Å². The van der Waals surface area contributed by atoms with Gasteiger partial charge in [-0.25, -0.2) is 9.37 Å². The van der Waals surface area contributed by atoms with E-state index in [4.69, 9.17) is 9.47 Å². The van der Waals surface area contributed by atoms with Gasteiger partial charge in [-0.2, -0.15) is 4.98 Å². The Bertz CT molecular complexity index is 898. The Labute approximate surface area is 160 Å². The molecule has 3 rings (SSSR count). The monoisotopic (exact) mass is 372 g/mol. The number of hydrogen-bond donors (Lipinski definition) is 2. The standard InChI is InChI=1S/C20H21FN4O2.2H2/c1-14-4-3-5-16(12-14)23-19-18(21)13-22-20(25-19)24-15-6-8-17(9-7-15)27-11-10-26-2;;/h3-9,12-13H,10-11H2,1-2H3,(H2,22,23,24,25);2*1H. The molecule has 0 atom stereocenters. The predicted octanol–water partition coefficient (Wildman–Crippen LogP) is 4.93. The maximum absolute atomic E-state index is 14.1. The van der Waals surface area contributed by atoms with Gasteiger partial charge in [-0.3, -0.25) is 0 Å². The van der Waals surface area contributed by atoms with Crippen molar-refractivity contribution in [1.29, 1.82) is 0 Å². The summed E-state index contributed by atoms with van der Waals surface area (Å²) in [5, 5.41) is 6.03.